The van der Waals surface area contributed by atoms with Gasteiger partial charge in [-0.1, -0.05) is 24.3 Å². The molecule has 1 aromatic heterocycles. The first-order valence-corrected chi connectivity index (χ1v) is 14.4. The highest BCUT2D eigenvalue weighted by Crippen LogP contribution is 2.30. The van der Waals surface area contributed by atoms with Crippen LogP contribution in [0.4, 0.5) is 11.4 Å². The fraction of sp³-hybridized carbons (Fsp3) is 0.231. The Labute approximate surface area is 234 Å². The number of sulfonamides is 1. The van der Waals surface area contributed by atoms with Gasteiger partial charge in [-0.25, -0.2) is 8.42 Å². The molecule has 4 aromatic rings. The Kier molecular flexibility index (Phi) is 7.31. The minimum atomic E-state index is -3.86. The maximum atomic E-state index is 13.5. The van der Waals surface area contributed by atoms with E-state index in [1.165, 1.54) is 45.6 Å². The molecule has 0 unspecified atom stereocenters. The Hall–Kier alpha value is -4.27. The molecular formula is C26H24N6O6S2. The molecule has 1 fully saturated rings. The monoisotopic (exact) mass is 580 g/mol. The molecule has 206 valence electrons. The van der Waals surface area contributed by atoms with Gasteiger partial charge in [0.25, 0.3) is 11.6 Å². The van der Waals surface area contributed by atoms with E-state index in [-0.39, 0.29) is 53.5 Å². The third kappa shape index (κ3) is 4.92. The molecule has 0 radical (unpaired) electrons. The number of anilines is 1. The molecule has 14 heteroatoms. The van der Waals surface area contributed by atoms with Crippen LogP contribution in [-0.4, -0.2) is 83.3 Å². The van der Waals surface area contributed by atoms with Gasteiger partial charge in [-0.2, -0.15) is 13.1 Å². The average Bonchev–Trinajstić information content (AvgIpc) is 3.45. The zero-order chi connectivity index (χ0) is 28.6. The fourth-order valence-electron chi connectivity index (χ4n) is 4.64. The van der Waals surface area contributed by atoms with Crippen LogP contribution in [0.5, 0.6) is 0 Å². The summed E-state index contributed by atoms with van der Waals surface area (Å²) in [4.78, 5) is 41.2. The molecule has 0 N–H and O–H groups in total. The number of carbonyl (C=O) groups excluding carboxylic acids is 2. The Bertz CT molecular complexity index is 1750. The summed E-state index contributed by atoms with van der Waals surface area (Å²) in [6.07, 6.45) is 0. The van der Waals surface area contributed by atoms with Crippen LogP contribution in [0.25, 0.3) is 11.0 Å². The number of nitro groups is 1. The summed E-state index contributed by atoms with van der Waals surface area (Å²) in [6.45, 7) is 0.371. The van der Waals surface area contributed by atoms with Crippen LogP contribution in [0.2, 0.25) is 0 Å². The van der Waals surface area contributed by atoms with Gasteiger partial charge in [0, 0.05) is 57.5 Å². The molecule has 40 heavy (non-hydrogen) atoms. The Balaban J connectivity index is 1.36. The van der Waals surface area contributed by atoms with Crippen molar-refractivity contribution in [1.29, 1.82) is 0 Å². The molecular weight excluding hydrogens is 556 g/mol. The van der Waals surface area contributed by atoms with Crippen molar-refractivity contribution >= 4 is 55.9 Å². The van der Waals surface area contributed by atoms with Gasteiger partial charge >= 0.3 is 0 Å². The number of rotatable bonds is 7. The van der Waals surface area contributed by atoms with Gasteiger partial charge in [0.15, 0.2) is 5.78 Å². The number of hydrogen-bond acceptors (Lipinski definition) is 10. The average molecular weight is 581 g/mol. The standard InChI is InChI=1S/C26H24N6O6S2/c1-29(2)21-11-10-17(16-22(21)32(35)36)25(33)18-6-3-4-7-19(18)26(34)30-12-14-31(15-13-30)40(37,38)23-9-5-8-20-24(23)28-39-27-20/h3-11,16H,12-15H2,1-2H3. The molecule has 5 rings (SSSR count). The van der Waals surface area contributed by atoms with Crippen molar-refractivity contribution in [3.05, 3.63) is 87.5 Å². The van der Waals surface area contributed by atoms with Crippen molar-refractivity contribution in [1.82, 2.24) is 18.0 Å². The number of fused-ring (bicyclic) bond motifs is 1. The number of piperazine rings is 1. The minimum absolute atomic E-state index is 0.0658. The Morgan fingerprint density at radius 3 is 2.33 bits per heavy atom. The molecule has 0 spiro atoms. The van der Waals surface area contributed by atoms with E-state index in [9.17, 15) is 28.1 Å². The lowest BCUT2D eigenvalue weighted by atomic mass is 9.96. The van der Waals surface area contributed by atoms with Crippen LogP contribution in [-0.2, 0) is 10.0 Å². The SMILES string of the molecule is CN(C)c1ccc(C(=O)c2ccccc2C(=O)N2CCN(S(=O)(=O)c3cccc4nsnc34)CC2)cc1[N+](=O)[O-]. The normalized spacial score (nSPS) is 14.3. The molecule has 12 nitrogen and oxygen atoms in total. The van der Waals surface area contributed by atoms with Crippen LogP contribution < -0.4 is 4.90 Å². The second kappa shape index (κ2) is 10.7. The molecule has 3 aromatic carbocycles. The highest BCUT2D eigenvalue weighted by Gasteiger charge is 2.33. The Morgan fingerprint density at radius 1 is 0.950 bits per heavy atom. The second-order valence-corrected chi connectivity index (χ2v) is 11.7. The molecule has 1 aliphatic rings. The van der Waals surface area contributed by atoms with Gasteiger partial charge in [-0.05, 0) is 30.3 Å². The first kappa shape index (κ1) is 27.3. The lowest BCUT2D eigenvalue weighted by molar-refractivity contribution is -0.384. The van der Waals surface area contributed by atoms with Gasteiger partial charge in [-0.3, -0.25) is 19.7 Å². The molecule has 1 saturated heterocycles. The maximum absolute atomic E-state index is 13.5. The van der Waals surface area contributed by atoms with E-state index in [0.717, 1.165) is 11.7 Å². The predicted octanol–water partition coefficient (Wildman–Crippen LogP) is 3.04. The van der Waals surface area contributed by atoms with Crippen molar-refractivity contribution < 1.29 is 22.9 Å². The molecule has 1 aliphatic heterocycles. The first-order valence-electron chi connectivity index (χ1n) is 12.2. The van der Waals surface area contributed by atoms with Gasteiger partial charge in [0.1, 0.15) is 21.6 Å². The molecule has 0 aliphatic carbocycles. The summed E-state index contributed by atoms with van der Waals surface area (Å²) < 4.78 is 36.3. The van der Waals surface area contributed by atoms with E-state index >= 15 is 0 Å². The van der Waals surface area contributed by atoms with E-state index < -0.39 is 26.6 Å². The summed E-state index contributed by atoms with van der Waals surface area (Å²) >= 11 is 0.939. The third-order valence-corrected chi connectivity index (χ3v) is 9.18. The van der Waals surface area contributed by atoms with Gasteiger partial charge in [0.05, 0.1) is 22.2 Å². The van der Waals surface area contributed by atoms with E-state index in [0.29, 0.717) is 16.7 Å². The number of nitro benzene ring substituents is 1. The number of amides is 1. The lowest BCUT2D eigenvalue weighted by Crippen LogP contribution is -2.50. The molecule has 0 saturated carbocycles. The van der Waals surface area contributed by atoms with Gasteiger partial charge in [-0.15, -0.1) is 0 Å². The van der Waals surface area contributed by atoms with Crippen molar-refractivity contribution in [2.45, 2.75) is 4.90 Å². The quantitative estimate of drug-likeness (QED) is 0.183. The summed E-state index contributed by atoms with van der Waals surface area (Å²) in [7, 11) is -0.532. The molecule has 0 bridgehead atoms. The van der Waals surface area contributed by atoms with E-state index in [1.807, 2.05) is 0 Å². The largest absolute Gasteiger partial charge is 0.372 e. The molecule has 0 atom stereocenters. The zero-order valence-electron chi connectivity index (χ0n) is 21.6. The number of ketones is 1. The predicted molar refractivity (Wildman–Crippen MR) is 149 cm³/mol. The summed E-state index contributed by atoms with van der Waals surface area (Å²) in [5, 5.41) is 11.6. The number of carbonyl (C=O) groups is 2. The smallest absolute Gasteiger partial charge is 0.293 e. The topological polar surface area (TPSA) is 147 Å². The maximum Gasteiger partial charge on any atom is 0.293 e. The molecule has 1 amide bonds. The highest BCUT2D eigenvalue weighted by atomic mass is 32.2. The van der Waals surface area contributed by atoms with Crippen molar-refractivity contribution in [3.63, 3.8) is 0 Å². The first-order chi connectivity index (χ1) is 19.1. The van der Waals surface area contributed by atoms with Crippen LogP contribution in [0, 0.1) is 10.1 Å². The van der Waals surface area contributed by atoms with Gasteiger partial charge in [0.2, 0.25) is 10.0 Å². The summed E-state index contributed by atoms with van der Waals surface area (Å²) in [6, 6.07) is 15.3. The van der Waals surface area contributed by atoms with E-state index in [4.69, 9.17) is 0 Å². The lowest BCUT2D eigenvalue weighted by Gasteiger charge is -2.34. The van der Waals surface area contributed by atoms with Crippen LogP contribution in [0.3, 0.4) is 0 Å². The van der Waals surface area contributed by atoms with E-state index in [2.05, 4.69) is 8.75 Å². The minimum Gasteiger partial charge on any atom is -0.372 e. The van der Waals surface area contributed by atoms with Crippen molar-refractivity contribution in [2.24, 2.45) is 0 Å². The van der Waals surface area contributed by atoms with Crippen LogP contribution >= 0.6 is 11.7 Å². The third-order valence-electron chi connectivity index (χ3n) is 6.71. The zero-order valence-corrected chi connectivity index (χ0v) is 23.2. The number of nitrogens with zero attached hydrogens (tertiary/aromatic N) is 6. The Morgan fingerprint density at radius 2 is 1.65 bits per heavy atom. The fourth-order valence-corrected chi connectivity index (χ4v) is 6.82. The number of hydrogen-bond donors (Lipinski definition) is 0. The summed E-state index contributed by atoms with van der Waals surface area (Å²) in [5.41, 5.74) is 1.28. The number of benzene rings is 3. The second-order valence-electron chi connectivity index (χ2n) is 9.31. The van der Waals surface area contributed by atoms with E-state index in [1.54, 1.807) is 43.3 Å². The highest BCUT2D eigenvalue weighted by molar-refractivity contribution is 7.89. The van der Waals surface area contributed by atoms with Crippen molar-refractivity contribution in [2.75, 3.05) is 45.2 Å². The summed E-state index contributed by atoms with van der Waals surface area (Å²) in [5.74, 6) is -0.949. The van der Waals surface area contributed by atoms with Crippen LogP contribution in [0.15, 0.2) is 65.6 Å². The van der Waals surface area contributed by atoms with Gasteiger partial charge < -0.3 is 9.80 Å². The van der Waals surface area contributed by atoms with Crippen molar-refractivity contribution in [3.8, 4) is 0 Å². The number of aromatic nitrogens is 2. The van der Waals surface area contributed by atoms with Crippen LogP contribution in [0.1, 0.15) is 26.3 Å². The molecule has 2 heterocycles.